The Morgan fingerprint density at radius 1 is 1.15 bits per heavy atom. The summed E-state index contributed by atoms with van der Waals surface area (Å²) in [6.45, 7) is 3.64. The van der Waals surface area contributed by atoms with E-state index in [1.807, 2.05) is 13.8 Å². The summed E-state index contributed by atoms with van der Waals surface area (Å²) in [6.07, 6.45) is 1.22. The fraction of sp³-hybridized carbons (Fsp3) is 0.444. The average Bonchev–Trinajstić information content (AvgIpc) is 2.61. The van der Waals surface area contributed by atoms with Gasteiger partial charge in [0.25, 0.3) is 0 Å². The lowest BCUT2D eigenvalue weighted by Gasteiger charge is -2.28. The third-order valence-corrected chi connectivity index (χ3v) is 3.48. The second-order valence-corrected chi connectivity index (χ2v) is 5.32. The fourth-order valence-electron chi connectivity index (χ4n) is 2.15. The molecule has 142 valence electrons. The number of rotatable bonds is 8. The summed E-state index contributed by atoms with van der Waals surface area (Å²) in [5.41, 5.74) is 1.46. The van der Waals surface area contributed by atoms with Crippen molar-refractivity contribution in [2.75, 3.05) is 25.1 Å². The Balaban J connectivity index is 0.00000163. The van der Waals surface area contributed by atoms with Crippen molar-refractivity contribution >= 4 is 29.4 Å². The van der Waals surface area contributed by atoms with Gasteiger partial charge < -0.3 is 15.2 Å². The van der Waals surface area contributed by atoms with E-state index in [9.17, 15) is 19.2 Å². The van der Waals surface area contributed by atoms with E-state index in [1.54, 1.807) is 24.3 Å². The molecule has 0 bridgehead atoms. The third kappa shape index (κ3) is 7.02. The van der Waals surface area contributed by atoms with Crippen LogP contribution >= 0.6 is 0 Å². The van der Waals surface area contributed by atoms with Gasteiger partial charge in [0.2, 0.25) is 17.7 Å². The molecular weight excluding hydrogens is 340 g/mol. The van der Waals surface area contributed by atoms with E-state index in [2.05, 4.69) is 10.1 Å². The molecule has 0 spiro atoms. The largest absolute Gasteiger partial charge is 0.480 e. The highest BCUT2D eigenvalue weighted by Crippen LogP contribution is 2.14. The second-order valence-electron chi connectivity index (χ2n) is 5.32. The molecule has 0 atom stereocenters. The number of aryl methyl sites for hydroxylation is 1. The molecular formula is C18H24N2O6. The van der Waals surface area contributed by atoms with Gasteiger partial charge in [-0.2, -0.15) is 0 Å². The molecule has 0 aromatic heterocycles. The maximum Gasteiger partial charge on any atom is 0.329 e. The third-order valence-electron chi connectivity index (χ3n) is 3.48. The predicted molar refractivity (Wildman–Crippen MR) is 94.5 cm³/mol. The number of ether oxygens (including phenoxy) is 1. The number of hydrogen-bond acceptors (Lipinski definition) is 5. The Bertz CT molecular complexity index is 642. The zero-order valence-electron chi connectivity index (χ0n) is 15.0. The molecule has 0 radical (unpaired) electrons. The van der Waals surface area contributed by atoms with Crippen molar-refractivity contribution < 1.29 is 29.0 Å². The number of amides is 3. The number of carbonyl (C=O) groups excluding carboxylic acids is 3. The highest BCUT2D eigenvalue weighted by molar-refractivity contribution is 5.99. The molecule has 1 aliphatic heterocycles. The number of β-lactam (4-membered cyclic amide) rings is 1. The van der Waals surface area contributed by atoms with E-state index < -0.39 is 18.5 Å². The summed E-state index contributed by atoms with van der Waals surface area (Å²) in [5, 5.41) is 11.0. The Hall–Kier alpha value is -2.74. The average molecular weight is 364 g/mol. The monoisotopic (exact) mass is 364 g/mol. The summed E-state index contributed by atoms with van der Waals surface area (Å²) in [7, 11) is 0. The van der Waals surface area contributed by atoms with Crippen LogP contribution in [0.5, 0.6) is 0 Å². The summed E-state index contributed by atoms with van der Waals surface area (Å²) >= 11 is 0. The van der Waals surface area contributed by atoms with Crippen molar-refractivity contribution in [2.45, 2.75) is 33.1 Å². The first-order valence-electron chi connectivity index (χ1n) is 8.47. The minimum Gasteiger partial charge on any atom is -0.480 e. The van der Waals surface area contributed by atoms with E-state index in [4.69, 9.17) is 5.11 Å². The minimum atomic E-state index is -1.14. The van der Waals surface area contributed by atoms with Crippen LogP contribution in [0.25, 0.3) is 0 Å². The number of nitrogens with one attached hydrogen (secondary N) is 1. The maximum atomic E-state index is 11.8. The molecule has 2 N–H and O–H groups in total. The second kappa shape index (κ2) is 11.0. The van der Waals surface area contributed by atoms with Gasteiger partial charge in [0.15, 0.2) is 0 Å². The molecule has 0 aliphatic carbocycles. The smallest absolute Gasteiger partial charge is 0.329 e. The molecule has 1 fully saturated rings. The quantitative estimate of drug-likeness (QED) is 0.675. The number of hydrogen-bond donors (Lipinski definition) is 2. The van der Waals surface area contributed by atoms with Crippen LogP contribution in [0.1, 0.15) is 32.3 Å². The number of carbonyl (C=O) groups is 4. The van der Waals surface area contributed by atoms with E-state index >= 15 is 0 Å². The lowest BCUT2D eigenvalue weighted by molar-refractivity contribution is -0.152. The number of nitrogens with zero attached hydrogens (tertiary/aromatic N) is 1. The maximum absolute atomic E-state index is 11.8. The zero-order valence-corrected chi connectivity index (χ0v) is 15.0. The number of aliphatic carboxylic acids is 1. The van der Waals surface area contributed by atoms with E-state index in [-0.39, 0.29) is 24.8 Å². The minimum absolute atomic E-state index is 0.122. The molecule has 1 saturated heterocycles. The Morgan fingerprint density at radius 2 is 1.81 bits per heavy atom. The number of anilines is 1. The molecule has 8 heteroatoms. The molecule has 0 unspecified atom stereocenters. The first kappa shape index (κ1) is 21.3. The molecule has 0 saturated carbocycles. The number of benzene rings is 1. The van der Waals surface area contributed by atoms with Gasteiger partial charge in [0.05, 0.1) is 0 Å². The van der Waals surface area contributed by atoms with Gasteiger partial charge in [0, 0.05) is 25.1 Å². The van der Waals surface area contributed by atoms with Crippen molar-refractivity contribution in [2.24, 2.45) is 0 Å². The lowest BCUT2D eigenvalue weighted by atomic mass is 10.1. The zero-order chi connectivity index (χ0) is 19.5. The highest BCUT2D eigenvalue weighted by Gasteiger charge is 2.29. The van der Waals surface area contributed by atoms with Crippen molar-refractivity contribution in [3.63, 3.8) is 0 Å². The topological polar surface area (TPSA) is 113 Å². The van der Waals surface area contributed by atoms with Crippen LogP contribution in [-0.4, -0.2) is 53.5 Å². The molecule has 26 heavy (non-hydrogen) atoms. The number of likely N-dealkylation sites (tertiary alicyclic amines) is 1. The Kier molecular flexibility index (Phi) is 9.00. The first-order valence-corrected chi connectivity index (χ1v) is 8.47. The molecule has 1 aromatic carbocycles. The van der Waals surface area contributed by atoms with Crippen LogP contribution in [0.3, 0.4) is 0 Å². The standard InChI is InChI=1S/C16H18N2O6.C2H6/c19-13(9-24-10-16(22)23)17-12-4-1-11(2-5-12)3-6-14(20)18-8-7-15(18)21;1-2/h1-2,4-5H,3,6-10H2,(H,17,19)(H,22,23);1-2H3. The van der Waals surface area contributed by atoms with Crippen LogP contribution in [0.2, 0.25) is 0 Å². The molecule has 3 amide bonds. The van der Waals surface area contributed by atoms with Crippen LogP contribution in [0.4, 0.5) is 5.69 Å². The number of carboxylic acids is 1. The molecule has 1 aromatic rings. The summed E-state index contributed by atoms with van der Waals surface area (Å²) < 4.78 is 4.68. The lowest BCUT2D eigenvalue weighted by Crippen LogP contribution is -2.47. The first-order chi connectivity index (χ1) is 12.5. The van der Waals surface area contributed by atoms with Gasteiger partial charge in [-0.15, -0.1) is 0 Å². The Labute approximate surface area is 152 Å². The summed E-state index contributed by atoms with van der Waals surface area (Å²) in [5.74, 6) is -1.88. The van der Waals surface area contributed by atoms with Crippen molar-refractivity contribution in [1.82, 2.24) is 4.90 Å². The Morgan fingerprint density at radius 3 is 2.31 bits per heavy atom. The van der Waals surface area contributed by atoms with Crippen LogP contribution in [-0.2, 0) is 30.3 Å². The van der Waals surface area contributed by atoms with Crippen LogP contribution < -0.4 is 5.32 Å². The summed E-state index contributed by atoms with van der Waals surface area (Å²) in [4.78, 5) is 46.0. The molecule has 1 heterocycles. The summed E-state index contributed by atoms with van der Waals surface area (Å²) in [6, 6.07) is 6.92. The molecule has 1 aliphatic rings. The van der Waals surface area contributed by atoms with Crippen LogP contribution in [0.15, 0.2) is 24.3 Å². The normalized spacial score (nSPS) is 12.5. The van der Waals surface area contributed by atoms with E-state index in [0.29, 0.717) is 25.1 Å². The van der Waals surface area contributed by atoms with E-state index in [1.165, 1.54) is 4.90 Å². The SMILES string of the molecule is CC.O=C(O)COCC(=O)Nc1ccc(CCC(=O)N2CCC2=O)cc1. The van der Waals surface area contributed by atoms with Gasteiger partial charge in [0.1, 0.15) is 13.2 Å². The molecule has 8 nitrogen and oxygen atoms in total. The van der Waals surface area contributed by atoms with Crippen molar-refractivity contribution in [3.8, 4) is 0 Å². The van der Waals surface area contributed by atoms with Crippen LogP contribution in [0, 0.1) is 0 Å². The van der Waals surface area contributed by atoms with Gasteiger partial charge in [-0.05, 0) is 24.1 Å². The highest BCUT2D eigenvalue weighted by atomic mass is 16.5. The van der Waals surface area contributed by atoms with Crippen molar-refractivity contribution in [1.29, 1.82) is 0 Å². The number of imide groups is 1. The van der Waals surface area contributed by atoms with Gasteiger partial charge in [-0.1, -0.05) is 26.0 Å². The van der Waals surface area contributed by atoms with Gasteiger partial charge in [-0.3, -0.25) is 19.3 Å². The van der Waals surface area contributed by atoms with E-state index in [0.717, 1.165) is 5.56 Å². The van der Waals surface area contributed by atoms with Gasteiger partial charge in [-0.25, -0.2) is 4.79 Å². The molecule has 2 rings (SSSR count). The fourth-order valence-corrected chi connectivity index (χ4v) is 2.15. The predicted octanol–water partition coefficient (Wildman–Crippen LogP) is 1.44. The van der Waals surface area contributed by atoms with Crippen molar-refractivity contribution in [3.05, 3.63) is 29.8 Å². The van der Waals surface area contributed by atoms with Gasteiger partial charge >= 0.3 is 5.97 Å². The number of carboxylic acid groups (broad SMARTS) is 1.